The second-order valence-corrected chi connectivity index (χ2v) is 8.58. The summed E-state index contributed by atoms with van der Waals surface area (Å²) in [5.74, 6) is 1.27. The molecule has 1 aromatic heterocycles. The summed E-state index contributed by atoms with van der Waals surface area (Å²) in [6.45, 7) is 2.02. The number of rotatable bonds is 5. The molecular formula is C24H23NO3S. The molecule has 3 heterocycles. The molecule has 1 fully saturated rings. The summed E-state index contributed by atoms with van der Waals surface area (Å²) in [5, 5.41) is 2.06. The zero-order valence-electron chi connectivity index (χ0n) is 16.1. The summed E-state index contributed by atoms with van der Waals surface area (Å²) in [4.78, 5) is 17.1. The molecule has 2 aliphatic rings. The van der Waals surface area contributed by atoms with Gasteiger partial charge in [-0.2, -0.15) is 0 Å². The number of thiophene rings is 1. The zero-order chi connectivity index (χ0) is 19.6. The second-order valence-electron chi connectivity index (χ2n) is 7.54. The fourth-order valence-electron chi connectivity index (χ4n) is 4.22. The van der Waals surface area contributed by atoms with Crippen LogP contribution in [0.15, 0.2) is 66.0 Å². The number of hydrogen-bond acceptors (Lipinski definition) is 4. The number of amides is 1. The van der Waals surface area contributed by atoms with E-state index in [1.165, 1.54) is 4.88 Å². The number of carbonyl (C=O) groups excluding carboxylic acids is 1. The SMILES string of the molecule is O=C(C1c2ccccc2Oc2ccccc21)N(Cc1cccs1)CC1CCCO1. The van der Waals surface area contributed by atoms with Crippen molar-refractivity contribution in [2.45, 2.75) is 31.4 Å². The third kappa shape index (κ3) is 3.68. The van der Waals surface area contributed by atoms with Crippen LogP contribution in [-0.2, 0) is 16.1 Å². The van der Waals surface area contributed by atoms with E-state index in [0.717, 1.165) is 42.1 Å². The number of fused-ring (bicyclic) bond motifs is 2. The molecule has 4 nitrogen and oxygen atoms in total. The highest BCUT2D eigenvalue weighted by atomic mass is 32.1. The smallest absolute Gasteiger partial charge is 0.235 e. The number of carbonyl (C=O) groups is 1. The summed E-state index contributed by atoms with van der Waals surface area (Å²) in [5.41, 5.74) is 1.86. The van der Waals surface area contributed by atoms with E-state index in [9.17, 15) is 4.79 Å². The third-order valence-electron chi connectivity index (χ3n) is 5.61. The fraction of sp³-hybridized carbons (Fsp3) is 0.292. The van der Waals surface area contributed by atoms with Crippen molar-refractivity contribution in [1.82, 2.24) is 4.90 Å². The molecule has 3 aromatic rings. The quantitative estimate of drug-likeness (QED) is 0.586. The van der Waals surface area contributed by atoms with Crippen molar-refractivity contribution >= 4 is 17.2 Å². The number of hydrogen-bond donors (Lipinski definition) is 0. The van der Waals surface area contributed by atoms with Crippen LogP contribution in [-0.4, -0.2) is 30.1 Å². The van der Waals surface area contributed by atoms with Crippen LogP contribution in [0.2, 0.25) is 0 Å². The lowest BCUT2D eigenvalue weighted by Gasteiger charge is -2.33. The van der Waals surface area contributed by atoms with Gasteiger partial charge in [0.15, 0.2) is 0 Å². The van der Waals surface area contributed by atoms with E-state index in [2.05, 4.69) is 11.4 Å². The highest BCUT2D eigenvalue weighted by Crippen LogP contribution is 2.44. The standard InChI is InChI=1S/C24H23NO3S/c26-24(25(15-17-7-5-13-27-17)16-18-8-6-14-29-18)23-19-9-1-3-11-21(19)28-22-12-4-2-10-20(22)23/h1-4,6,8-12,14,17,23H,5,7,13,15-16H2. The molecule has 0 radical (unpaired) electrons. The average molecular weight is 406 g/mol. The van der Waals surface area contributed by atoms with Crippen molar-refractivity contribution in [3.63, 3.8) is 0 Å². The molecule has 2 aliphatic heterocycles. The van der Waals surface area contributed by atoms with Crippen LogP contribution in [0.4, 0.5) is 0 Å². The van der Waals surface area contributed by atoms with Gasteiger partial charge in [0.25, 0.3) is 0 Å². The topological polar surface area (TPSA) is 38.8 Å². The van der Waals surface area contributed by atoms with Gasteiger partial charge in [-0.25, -0.2) is 0 Å². The van der Waals surface area contributed by atoms with Crippen molar-refractivity contribution in [2.24, 2.45) is 0 Å². The van der Waals surface area contributed by atoms with Crippen LogP contribution < -0.4 is 4.74 Å². The van der Waals surface area contributed by atoms with Gasteiger partial charge >= 0.3 is 0 Å². The second kappa shape index (κ2) is 8.01. The zero-order valence-corrected chi connectivity index (χ0v) is 16.9. The largest absolute Gasteiger partial charge is 0.457 e. The van der Waals surface area contributed by atoms with Gasteiger partial charge < -0.3 is 14.4 Å². The minimum atomic E-state index is -0.363. The van der Waals surface area contributed by atoms with Crippen molar-refractivity contribution < 1.29 is 14.3 Å². The van der Waals surface area contributed by atoms with Gasteiger partial charge in [-0.1, -0.05) is 42.5 Å². The summed E-state index contributed by atoms with van der Waals surface area (Å²) < 4.78 is 11.9. The lowest BCUT2D eigenvalue weighted by molar-refractivity contribution is -0.134. The first-order valence-corrected chi connectivity index (χ1v) is 11.0. The third-order valence-corrected chi connectivity index (χ3v) is 6.47. The van der Waals surface area contributed by atoms with Gasteiger partial charge in [0, 0.05) is 29.2 Å². The van der Waals surface area contributed by atoms with E-state index in [-0.39, 0.29) is 17.9 Å². The molecular weight excluding hydrogens is 382 g/mol. The Kier molecular flexibility index (Phi) is 5.08. The molecule has 1 saturated heterocycles. The molecule has 5 heteroatoms. The maximum absolute atomic E-state index is 14.0. The molecule has 1 atom stereocenters. The predicted molar refractivity (Wildman–Crippen MR) is 114 cm³/mol. The van der Waals surface area contributed by atoms with Crippen LogP contribution in [0.5, 0.6) is 11.5 Å². The lowest BCUT2D eigenvalue weighted by atomic mass is 9.86. The van der Waals surface area contributed by atoms with Gasteiger partial charge in [0.1, 0.15) is 11.5 Å². The maximum Gasteiger partial charge on any atom is 0.235 e. The Morgan fingerprint density at radius 2 is 1.72 bits per heavy atom. The average Bonchev–Trinajstić information content (AvgIpc) is 3.45. The Bertz CT molecular complexity index is 949. The predicted octanol–water partition coefficient (Wildman–Crippen LogP) is 5.19. The first-order valence-electron chi connectivity index (χ1n) is 10.1. The van der Waals surface area contributed by atoms with Crippen molar-refractivity contribution in [3.05, 3.63) is 82.0 Å². The highest BCUT2D eigenvalue weighted by Gasteiger charge is 2.36. The molecule has 0 spiro atoms. The number of ether oxygens (including phenoxy) is 2. The molecule has 0 saturated carbocycles. The van der Waals surface area contributed by atoms with Crippen LogP contribution >= 0.6 is 11.3 Å². The van der Waals surface area contributed by atoms with E-state index >= 15 is 0 Å². The molecule has 1 amide bonds. The summed E-state index contributed by atoms with van der Waals surface area (Å²) in [6.07, 6.45) is 2.19. The van der Waals surface area contributed by atoms with Crippen molar-refractivity contribution in [3.8, 4) is 11.5 Å². The Morgan fingerprint density at radius 1 is 1.00 bits per heavy atom. The Morgan fingerprint density at radius 3 is 2.34 bits per heavy atom. The van der Waals surface area contributed by atoms with Gasteiger partial charge in [-0.3, -0.25) is 4.79 Å². The lowest BCUT2D eigenvalue weighted by Crippen LogP contribution is -2.40. The first kappa shape index (κ1) is 18.4. The summed E-state index contributed by atoms with van der Waals surface area (Å²) >= 11 is 1.69. The maximum atomic E-state index is 14.0. The molecule has 29 heavy (non-hydrogen) atoms. The fourth-order valence-corrected chi connectivity index (χ4v) is 4.94. The van der Waals surface area contributed by atoms with Crippen molar-refractivity contribution in [2.75, 3.05) is 13.2 Å². The Balaban J connectivity index is 1.52. The summed E-state index contributed by atoms with van der Waals surface area (Å²) in [7, 11) is 0. The van der Waals surface area contributed by atoms with Gasteiger partial charge in [-0.15, -0.1) is 11.3 Å². The van der Waals surface area contributed by atoms with E-state index < -0.39 is 0 Å². The molecule has 148 valence electrons. The Labute approximate surface area is 174 Å². The molecule has 0 N–H and O–H groups in total. The molecule has 5 rings (SSSR count). The number of nitrogens with zero attached hydrogens (tertiary/aromatic N) is 1. The van der Waals surface area contributed by atoms with Crippen LogP contribution in [0.25, 0.3) is 0 Å². The van der Waals surface area contributed by atoms with Crippen LogP contribution in [0.1, 0.15) is 34.8 Å². The van der Waals surface area contributed by atoms with E-state index in [4.69, 9.17) is 9.47 Å². The number of benzene rings is 2. The van der Waals surface area contributed by atoms with Gasteiger partial charge in [-0.05, 0) is 36.4 Å². The van der Waals surface area contributed by atoms with Crippen molar-refractivity contribution in [1.29, 1.82) is 0 Å². The molecule has 1 unspecified atom stereocenters. The minimum absolute atomic E-state index is 0.108. The van der Waals surface area contributed by atoms with Crippen LogP contribution in [0, 0.1) is 0 Å². The van der Waals surface area contributed by atoms with Gasteiger partial charge in [0.2, 0.25) is 5.91 Å². The Hall–Kier alpha value is -2.63. The molecule has 2 aromatic carbocycles. The monoisotopic (exact) mass is 405 g/mol. The highest BCUT2D eigenvalue weighted by molar-refractivity contribution is 7.09. The van der Waals surface area contributed by atoms with E-state index in [1.54, 1.807) is 11.3 Å². The van der Waals surface area contributed by atoms with E-state index in [0.29, 0.717) is 13.1 Å². The van der Waals surface area contributed by atoms with E-state index in [1.807, 2.05) is 59.5 Å². The number of para-hydroxylation sites is 2. The van der Waals surface area contributed by atoms with Gasteiger partial charge in [0.05, 0.1) is 18.6 Å². The summed E-state index contributed by atoms with van der Waals surface area (Å²) in [6, 6.07) is 19.9. The normalized spacial score (nSPS) is 18.0. The van der Waals surface area contributed by atoms with Crippen LogP contribution in [0.3, 0.4) is 0 Å². The minimum Gasteiger partial charge on any atom is -0.457 e. The molecule has 0 bridgehead atoms. The molecule has 0 aliphatic carbocycles. The first-order chi connectivity index (χ1) is 14.3.